The Balaban J connectivity index is 1.89. The predicted molar refractivity (Wildman–Crippen MR) is 79.5 cm³/mol. The Morgan fingerprint density at radius 2 is 2.10 bits per heavy atom. The molecule has 1 aromatic carbocycles. The van der Waals surface area contributed by atoms with Crippen LogP contribution in [0.2, 0.25) is 0 Å². The fraction of sp³-hybridized carbons (Fsp3) is 0.333. The highest BCUT2D eigenvalue weighted by Gasteiger charge is 2.07. The molecule has 2 N–H and O–H groups in total. The summed E-state index contributed by atoms with van der Waals surface area (Å²) >= 11 is 0. The Bertz CT molecular complexity index is 594. The van der Waals surface area contributed by atoms with Crippen LogP contribution in [0.15, 0.2) is 36.7 Å². The Morgan fingerprint density at radius 1 is 1.38 bits per heavy atom. The molecule has 0 aliphatic rings. The summed E-state index contributed by atoms with van der Waals surface area (Å²) in [6.45, 7) is 2.24. The summed E-state index contributed by atoms with van der Waals surface area (Å²) in [4.78, 5) is 11.3. The molecule has 2 rings (SSSR count). The molecule has 0 saturated carbocycles. The number of benzene rings is 1. The van der Waals surface area contributed by atoms with Crippen molar-refractivity contribution in [2.45, 2.75) is 25.9 Å². The van der Waals surface area contributed by atoms with E-state index < -0.39 is 0 Å². The summed E-state index contributed by atoms with van der Waals surface area (Å²) in [6.07, 6.45) is 4.25. The zero-order valence-electron chi connectivity index (χ0n) is 12.1. The monoisotopic (exact) mass is 290 g/mol. The van der Waals surface area contributed by atoms with Crippen molar-refractivity contribution in [3.63, 3.8) is 0 Å². The lowest BCUT2D eigenvalue weighted by Crippen LogP contribution is -2.23. The number of halogens is 1. The molecule has 2 aromatic rings. The molecule has 21 heavy (non-hydrogen) atoms. The van der Waals surface area contributed by atoms with Crippen LogP contribution in [0.5, 0.6) is 0 Å². The maximum atomic E-state index is 12.8. The van der Waals surface area contributed by atoms with Crippen LogP contribution in [0.3, 0.4) is 0 Å². The van der Waals surface area contributed by atoms with Gasteiger partial charge in [-0.1, -0.05) is 12.1 Å². The van der Waals surface area contributed by atoms with E-state index in [1.54, 1.807) is 36.3 Å². The molecule has 0 spiro atoms. The number of likely N-dealkylation sites (N-methyl/N-ethyl adjacent to an activating group) is 1. The number of nitrogens with one attached hydrogen (secondary N) is 2. The third kappa shape index (κ3) is 4.59. The molecule has 1 aromatic heterocycles. The molecule has 0 aliphatic heterocycles. The number of anilines is 1. The van der Waals surface area contributed by atoms with Gasteiger partial charge in [0.2, 0.25) is 5.91 Å². The van der Waals surface area contributed by atoms with Crippen LogP contribution < -0.4 is 10.6 Å². The first kappa shape index (κ1) is 15.0. The summed E-state index contributed by atoms with van der Waals surface area (Å²) < 4.78 is 14.4. The standard InChI is InChI=1S/C15H19FN4O/c1-11(7-12-3-5-13(16)6-4-12)19-14-8-18-20(9-14)10-15(21)17-2/h3-6,8-9,11,19H,7,10H2,1-2H3,(H,17,21). The Kier molecular flexibility index (Phi) is 4.92. The number of aromatic nitrogens is 2. The average molecular weight is 290 g/mol. The number of amides is 1. The van der Waals surface area contributed by atoms with Crippen LogP contribution in [0, 0.1) is 5.82 Å². The zero-order chi connectivity index (χ0) is 15.2. The first-order valence-electron chi connectivity index (χ1n) is 6.81. The molecule has 0 radical (unpaired) electrons. The van der Waals surface area contributed by atoms with Crippen LogP contribution in [0.1, 0.15) is 12.5 Å². The van der Waals surface area contributed by atoms with Gasteiger partial charge in [-0.05, 0) is 31.0 Å². The molecule has 1 amide bonds. The van der Waals surface area contributed by atoms with Crippen molar-refractivity contribution >= 4 is 11.6 Å². The topological polar surface area (TPSA) is 59.0 Å². The van der Waals surface area contributed by atoms with Crippen molar-refractivity contribution in [1.29, 1.82) is 0 Å². The van der Waals surface area contributed by atoms with E-state index in [1.807, 2.05) is 6.92 Å². The van der Waals surface area contributed by atoms with Gasteiger partial charge in [0.05, 0.1) is 11.9 Å². The molecule has 5 nitrogen and oxygen atoms in total. The summed E-state index contributed by atoms with van der Waals surface area (Å²) in [7, 11) is 1.59. The highest BCUT2D eigenvalue weighted by molar-refractivity contribution is 5.75. The lowest BCUT2D eigenvalue weighted by atomic mass is 10.1. The predicted octanol–water partition coefficient (Wildman–Crippen LogP) is 1.81. The quantitative estimate of drug-likeness (QED) is 0.853. The number of hydrogen-bond acceptors (Lipinski definition) is 3. The van der Waals surface area contributed by atoms with Gasteiger partial charge in [0.15, 0.2) is 0 Å². The van der Waals surface area contributed by atoms with E-state index in [1.165, 1.54) is 12.1 Å². The van der Waals surface area contributed by atoms with Crippen LogP contribution in [0.4, 0.5) is 10.1 Å². The first-order chi connectivity index (χ1) is 10.1. The Hall–Kier alpha value is -2.37. The SMILES string of the molecule is CNC(=O)Cn1cc(NC(C)Cc2ccc(F)cc2)cn1. The van der Waals surface area contributed by atoms with Gasteiger partial charge in [-0.15, -0.1) is 0 Å². The summed E-state index contributed by atoms with van der Waals surface area (Å²) in [6, 6.07) is 6.66. The molecule has 1 unspecified atom stereocenters. The van der Waals surface area contributed by atoms with E-state index in [-0.39, 0.29) is 24.3 Å². The number of nitrogens with zero attached hydrogens (tertiary/aromatic N) is 2. The molecule has 1 heterocycles. The number of rotatable bonds is 6. The van der Waals surface area contributed by atoms with Gasteiger partial charge < -0.3 is 10.6 Å². The smallest absolute Gasteiger partial charge is 0.241 e. The second-order valence-electron chi connectivity index (χ2n) is 4.98. The number of hydrogen-bond donors (Lipinski definition) is 2. The van der Waals surface area contributed by atoms with Gasteiger partial charge in [0.1, 0.15) is 12.4 Å². The van der Waals surface area contributed by atoms with Crippen molar-refractivity contribution in [2.24, 2.45) is 0 Å². The van der Waals surface area contributed by atoms with Crippen LogP contribution in [0.25, 0.3) is 0 Å². The van der Waals surface area contributed by atoms with E-state index in [2.05, 4.69) is 15.7 Å². The maximum Gasteiger partial charge on any atom is 0.241 e. The van der Waals surface area contributed by atoms with Gasteiger partial charge in [-0.2, -0.15) is 5.10 Å². The summed E-state index contributed by atoms with van der Waals surface area (Å²) in [5, 5.41) is 9.98. The molecule has 0 saturated heterocycles. The number of carbonyl (C=O) groups is 1. The third-order valence-corrected chi connectivity index (χ3v) is 3.09. The summed E-state index contributed by atoms with van der Waals surface area (Å²) in [5.74, 6) is -0.321. The second-order valence-corrected chi connectivity index (χ2v) is 4.98. The third-order valence-electron chi connectivity index (χ3n) is 3.09. The average Bonchev–Trinajstić information content (AvgIpc) is 2.88. The maximum absolute atomic E-state index is 12.8. The van der Waals surface area contributed by atoms with Crippen LogP contribution in [-0.2, 0) is 17.8 Å². The lowest BCUT2D eigenvalue weighted by Gasteiger charge is -2.13. The molecule has 6 heteroatoms. The molecular weight excluding hydrogens is 271 g/mol. The van der Waals surface area contributed by atoms with E-state index in [9.17, 15) is 9.18 Å². The minimum absolute atomic E-state index is 0.0935. The largest absolute Gasteiger partial charge is 0.380 e. The summed E-state index contributed by atoms with van der Waals surface area (Å²) in [5.41, 5.74) is 1.92. The van der Waals surface area contributed by atoms with E-state index >= 15 is 0 Å². The number of carbonyl (C=O) groups excluding carboxylic acids is 1. The molecule has 0 fully saturated rings. The van der Waals surface area contributed by atoms with Gasteiger partial charge in [-0.25, -0.2) is 4.39 Å². The Morgan fingerprint density at radius 3 is 2.76 bits per heavy atom. The molecule has 0 aliphatic carbocycles. The minimum Gasteiger partial charge on any atom is -0.380 e. The van der Waals surface area contributed by atoms with Crippen LogP contribution in [-0.4, -0.2) is 28.8 Å². The Labute approximate surface area is 123 Å². The van der Waals surface area contributed by atoms with Gasteiger partial charge in [-0.3, -0.25) is 9.48 Å². The highest BCUT2D eigenvalue weighted by Crippen LogP contribution is 2.11. The van der Waals surface area contributed by atoms with Crippen molar-refractivity contribution in [3.8, 4) is 0 Å². The fourth-order valence-electron chi connectivity index (χ4n) is 2.06. The van der Waals surface area contributed by atoms with Crippen molar-refractivity contribution in [2.75, 3.05) is 12.4 Å². The zero-order valence-corrected chi connectivity index (χ0v) is 12.1. The minimum atomic E-state index is -0.227. The fourth-order valence-corrected chi connectivity index (χ4v) is 2.06. The van der Waals surface area contributed by atoms with Crippen molar-refractivity contribution in [1.82, 2.24) is 15.1 Å². The molecule has 1 atom stereocenters. The van der Waals surface area contributed by atoms with Crippen molar-refractivity contribution < 1.29 is 9.18 Å². The van der Waals surface area contributed by atoms with Crippen molar-refractivity contribution in [3.05, 3.63) is 48.0 Å². The molecular formula is C15H19FN4O. The van der Waals surface area contributed by atoms with Gasteiger partial charge in [0.25, 0.3) is 0 Å². The highest BCUT2D eigenvalue weighted by atomic mass is 19.1. The lowest BCUT2D eigenvalue weighted by molar-refractivity contribution is -0.121. The van der Waals surface area contributed by atoms with E-state index in [0.717, 1.165) is 17.7 Å². The second kappa shape index (κ2) is 6.88. The van der Waals surface area contributed by atoms with Gasteiger partial charge >= 0.3 is 0 Å². The van der Waals surface area contributed by atoms with E-state index in [0.29, 0.717) is 0 Å². The molecule has 112 valence electrons. The van der Waals surface area contributed by atoms with Gasteiger partial charge in [0, 0.05) is 19.3 Å². The van der Waals surface area contributed by atoms with E-state index in [4.69, 9.17) is 0 Å². The normalized spacial score (nSPS) is 12.0. The first-order valence-corrected chi connectivity index (χ1v) is 6.81. The molecule has 0 bridgehead atoms. The van der Waals surface area contributed by atoms with Crippen LogP contribution >= 0.6 is 0 Å².